The van der Waals surface area contributed by atoms with E-state index < -0.39 is 0 Å². The molecule has 1 unspecified atom stereocenters. The molecule has 0 aromatic heterocycles. The zero-order valence-electron chi connectivity index (χ0n) is 13.5. The van der Waals surface area contributed by atoms with Crippen molar-refractivity contribution in [3.63, 3.8) is 0 Å². The molecular weight excluding hydrogens is 386 g/mol. The SMILES string of the molecule is CC(C)Oc1ccc(CC2N=NC(=S)N2c2ccc(Br)cc2)cc1. The first-order valence-electron chi connectivity index (χ1n) is 7.78. The second-order valence-corrected chi connectivity index (χ2v) is 7.12. The first kappa shape index (κ1) is 17.0. The topological polar surface area (TPSA) is 37.2 Å². The van der Waals surface area contributed by atoms with Gasteiger partial charge in [-0.1, -0.05) is 28.1 Å². The molecule has 0 N–H and O–H groups in total. The molecule has 1 heterocycles. The van der Waals surface area contributed by atoms with Crippen LogP contribution in [0, 0.1) is 0 Å². The van der Waals surface area contributed by atoms with Crippen molar-refractivity contribution in [2.24, 2.45) is 10.2 Å². The van der Waals surface area contributed by atoms with Crippen molar-refractivity contribution < 1.29 is 4.74 Å². The number of anilines is 1. The molecule has 0 aliphatic carbocycles. The minimum absolute atomic E-state index is 0.115. The fourth-order valence-corrected chi connectivity index (χ4v) is 3.09. The Morgan fingerprint density at radius 2 is 1.79 bits per heavy atom. The number of ether oxygens (including phenoxy) is 1. The van der Waals surface area contributed by atoms with E-state index in [1.807, 2.05) is 55.1 Å². The Morgan fingerprint density at radius 1 is 1.12 bits per heavy atom. The van der Waals surface area contributed by atoms with Crippen LogP contribution >= 0.6 is 28.1 Å². The Bertz CT molecular complexity index is 744. The molecule has 0 fully saturated rings. The molecule has 0 saturated heterocycles. The molecular formula is C18H18BrN3OS. The average molecular weight is 404 g/mol. The number of benzene rings is 2. The second-order valence-electron chi connectivity index (χ2n) is 5.84. The third-order valence-corrected chi connectivity index (χ3v) is 4.41. The Morgan fingerprint density at radius 3 is 2.42 bits per heavy atom. The highest BCUT2D eigenvalue weighted by molar-refractivity contribution is 9.10. The summed E-state index contributed by atoms with van der Waals surface area (Å²) in [5.41, 5.74) is 2.17. The first-order chi connectivity index (χ1) is 11.5. The molecule has 3 rings (SSSR count). The molecule has 0 bridgehead atoms. The van der Waals surface area contributed by atoms with Gasteiger partial charge < -0.3 is 4.74 Å². The standard InChI is InChI=1S/C18H18BrN3OS/c1-12(2)23-16-9-3-13(4-10-16)11-17-20-21-18(24)22(17)15-7-5-14(19)6-8-15/h3-10,12,17H,11H2,1-2H3. The molecule has 1 aliphatic rings. The third-order valence-electron chi connectivity index (χ3n) is 3.60. The highest BCUT2D eigenvalue weighted by Crippen LogP contribution is 2.27. The van der Waals surface area contributed by atoms with Crippen molar-refractivity contribution in [3.05, 3.63) is 58.6 Å². The molecule has 0 spiro atoms. The van der Waals surface area contributed by atoms with E-state index in [0.29, 0.717) is 5.11 Å². The lowest BCUT2D eigenvalue weighted by atomic mass is 10.1. The van der Waals surface area contributed by atoms with Crippen LogP contribution in [0.5, 0.6) is 5.75 Å². The van der Waals surface area contributed by atoms with Crippen molar-refractivity contribution in [1.29, 1.82) is 0 Å². The van der Waals surface area contributed by atoms with E-state index in [4.69, 9.17) is 17.0 Å². The van der Waals surface area contributed by atoms with Gasteiger partial charge in [0.05, 0.1) is 6.10 Å². The lowest BCUT2D eigenvalue weighted by Crippen LogP contribution is -2.34. The zero-order valence-corrected chi connectivity index (χ0v) is 15.9. The van der Waals surface area contributed by atoms with Gasteiger partial charge in [-0.15, -0.1) is 5.11 Å². The number of nitrogens with zero attached hydrogens (tertiary/aromatic N) is 3. The van der Waals surface area contributed by atoms with Crippen molar-refractivity contribution in [1.82, 2.24) is 0 Å². The number of halogens is 1. The van der Waals surface area contributed by atoms with Crippen LogP contribution in [0.1, 0.15) is 19.4 Å². The van der Waals surface area contributed by atoms with Gasteiger partial charge in [0.15, 0.2) is 6.17 Å². The van der Waals surface area contributed by atoms with Crippen LogP contribution in [0.2, 0.25) is 0 Å². The molecule has 0 saturated carbocycles. The van der Waals surface area contributed by atoms with Gasteiger partial charge in [0.1, 0.15) is 5.75 Å². The van der Waals surface area contributed by atoms with Crippen LogP contribution < -0.4 is 9.64 Å². The molecule has 2 aromatic rings. The molecule has 1 aliphatic heterocycles. The van der Waals surface area contributed by atoms with Gasteiger partial charge in [-0.3, -0.25) is 4.90 Å². The maximum Gasteiger partial charge on any atom is 0.222 e. The van der Waals surface area contributed by atoms with E-state index >= 15 is 0 Å². The van der Waals surface area contributed by atoms with Crippen molar-refractivity contribution in [2.45, 2.75) is 32.5 Å². The van der Waals surface area contributed by atoms with Gasteiger partial charge in [0.2, 0.25) is 5.11 Å². The van der Waals surface area contributed by atoms with Crippen molar-refractivity contribution in [3.8, 4) is 5.75 Å². The molecule has 1 atom stereocenters. The van der Waals surface area contributed by atoms with Gasteiger partial charge in [-0.25, -0.2) is 0 Å². The third kappa shape index (κ3) is 3.99. The number of hydrogen-bond acceptors (Lipinski definition) is 3. The Kier molecular flexibility index (Phi) is 5.26. The molecule has 0 radical (unpaired) electrons. The van der Waals surface area contributed by atoms with Gasteiger partial charge in [-0.05, 0) is 68.0 Å². The van der Waals surface area contributed by atoms with E-state index in [1.54, 1.807) is 0 Å². The molecule has 2 aromatic carbocycles. The van der Waals surface area contributed by atoms with E-state index in [1.165, 1.54) is 5.56 Å². The van der Waals surface area contributed by atoms with Crippen molar-refractivity contribution in [2.75, 3.05) is 4.90 Å². The second kappa shape index (κ2) is 7.40. The minimum atomic E-state index is -0.115. The fraction of sp³-hybridized carbons (Fsp3) is 0.278. The number of azo groups is 1. The Hall–Kier alpha value is -1.79. The largest absolute Gasteiger partial charge is 0.491 e. The Balaban J connectivity index is 1.74. The molecule has 0 amide bonds. The fourth-order valence-electron chi connectivity index (χ4n) is 2.55. The monoisotopic (exact) mass is 403 g/mol. The smallest absolute Gasteiger partial charge is 0.222 e. The van der Waals surface area contributed by atoms with Gasteiger partial charge in [0.25, 0.3) is 0 Å². The Labute approximate surface area is 155 Å². The first-order valence-corrected chi connectivity index (χ1v) is 8.98. The maximum atomic E-state index is 5.68. The van der Waals surface area contributed by atoms with Gasteiger partial charge in [-0.2, -0.15) is 5.11 Å². The quantitative estimate of drug-likeness (QED) is 0.630. The summed E-state index contributed by atoms with van der Waals surface area (Å²) in [6.07, 6.45) is 0.794. The highest BCUT2D eigenvalue weighted by Gasteiger charge is 2.28. The molecule has 24 heavy (non-hydrogen) atoms. The van der Waals surface area contributed by atoms with Crippen LogP contribution in [0.4, 0.5) is 5.69 Å². The number of hydrogen-bond donors (Lipinski definition) is 0. The van der Waals surface area contributed by atoms with Crippen LogP contribution in [0.3, 0.4) is 0 Å². The van der Waals surface area contributed by atoms with E-state index in [0.717, 1.165) is 22.3 Å². The van der Waals surface area contributed by atoms with Gasteiger partial charge >= 0.3 is 0 Å². The van der Waals surface area contributed by atoms with Crippen LogP contribution in [-0.2, 0) is 6.42 Å². The predicted molar refractivity (Wildman–Crippen MR) is 104 cm³/mol. The highest BCUT2D eigenvalue weighted by atomic mass is 79.9. The summed E-state index contributed by atoms with van der Waals surface area (Å²) in [7, 11) is 0. The summed E-state index contributed by atoms with van der Waals surface area (Å²) in [4.78, 5) is 1.99. The normalized spacial score (nSPS) is 16.9. The van der Waals surface area contributed by atoms with Crippen LogP contribution in [0.25, 0.3) is 0 Å². The maximum absolute atomic E-state index is 5.68. The number of rotatable bonds is 5. The van der Waals surface area contributed by atoms with Crippen LogP contribution in [0.15, 0.2) is 63.2 Å². The summed E-state index contributed by atoms with van der Waals surface area (Å²) in [5, 5.41) is 8.93. The van der Waals surface area contributed by atoms with Crippen molar-refractivity contribution >= 4 is 38.9 Å². The summed E-state index contributed by atoms with van der Waals surface area (Å²) >= 11 is 8.80. The van der Waals surface area contributed by atoms with Gasteiger partial charge in [0, 0.05) is 16.6 Å². The number of thiocarbonyl (C=S) groups is 1. The van der Waals surface area contributed by atoms with E-state index in [9.17, 15) is 0 Å². The summed E-state index contributed by atoms with van der Waals surface area (Å²) in [5.74, 6) is 0.877. The lowest BCUT2D eigenvalue weighted by molar-refractivity contribution is 0.242. The summed E-state index contributed by atoms with van der Waals surface area (Å²) < 4.78 is 6.71. The van der Waals surface area contributed by atoms with Crippen LogP contribution in [-0.4, -0.2) is 17.4 Å². The average Bonchev–Trinajstić information content (AvgIpc) is 2.90. The zero-order chi connectivity index (χ0) is 17.1. The summed E-state index contributed by atoms with van der Waals surface area (Å²) in [6.45, 7) is 4.04. The molecule has 124 valence electrons. The predicted octanol–water partition coefficient (Wildman–Crippen LogP) is 5.36. The lowest BCUT2D eigenvalue weighted by Gasteiger charge is -2.23. The summed E-state index contributed by atoms with van der Waals surface area (Å²) in [6, 6.07) is 16.1. The van der Waals surface area contributed by atoms with E-state index in [-0.39, 0.29) is 12.3 Å². The minimum Gasteiger partial charge on any atom is -0.491 e. The molecule has 4 nitrogen and oxygen atoms in total. The van der Waals surface area contributed by atoms with E-state index in [2.05, 4.69) is 38.3 Å². The molecule has 6 heteroatoms.